The molecule has 2 nitrogen and oxygen atoms in total. The Morgan fingerprint density at radius 3 is 2.53 bits per heavy atom. The lowest BCUT2D eigenvalue weighted by molar-refractivity contribution is -0.00921. The monoisotopic (exact) mass is 205 g/mol. The highest BCUT2D eigenvalue weighted by Crippen LogP contribution is 2.25. The highest BCUT2D eigenvalue weighted by atomic mass is 16.3. The molecule has 1 aromatic carbocycles. The third-order valence-electron chi connectivity index (χ3n) is 3.10. The Hall–Kier alpha value is -0.860. The number of rotatable bonds is 3. The van der Waals surface area contributed by atoms with E-state index in [9.17, 15) is 5.11 Å². The Balaban J connectivity index is 2.20. The van der Waals surface area contributed by atoms with E-state index in [0.29, 0.717) is 5.92 Å². The predicted molar refractivity (Wildman–Crippen MR) is 62.1 cm³/mol. The first kappa shape index (κ1) is 10.7. The molecule has 2 N–H and O–H groups in total. The van der Waals surface area contributed by atoms with Gasteiger partial charge in [0.25, 0.3) is 0 Å². The van der Waals surface area contributed by atoms with Gasteiger partial charge in [0.2, 0.25) is 0 Å². The molecule has 82 valence electrons. The lowest BCUT2D eigenvalue weighted by Gasteiger charge is -2.38. The number of hydrogen-bond acceptors (Lipinski definition) is 2. The van der Waals surface area contributed by atoms with Gasteiger partial charge in [-0.15, -0.1) is 0 Å². The fraction of sp³-hybridized carbons (Fsp3) is 0.538. The smallest absolute Gasteiger partial charge is 0.0935 e. The fourth-order valence-corrected chi connectivity index (χ4v) is 2.15. The van der Waals surface area contributed by atoms with Crippen LogP contribution in [0.15, 0.2) is 24.3 Å². The molecule has 1 saturated heterocycles. The van der Waals surface area contributed by atoms with Crippen LogP contribution >= 0.6 is 0 Å². The fourth-order valence-electron chi connectivity index (χ4n) is 2.15. The average molecular weight is 205 g/mol. The van der Waals surface area contributed by atoms with Crippen LogP contribution in [0.4, 0.5) is 0 Å². The van der Waals surface area contributed by atoms with Crippen LogP contribution < -0.4 is 5.32 Å². The van der Waals surface area contributed by atoms with Crippen molar-refractivity contribution in [2.24, 2.45) is 0 Å². The Labute approximate surface area is 91.3 Å². The molecule has 1 fully saturated rings. The van der Waals surface area contributed by atoms with Gasteiger partial charge in [-0.2, -0.15) is 0 Å². The third-order valence-corrected chi connectivity index (χ3v) is 3.10. The van der Waals surface area contributed by atoms with Crippen molar-refractivity contribution >= 4 is 0 Å². The molecule has 1 aliphatic rings. The van der Waals surface area contributed by atoms with E-state index in [1.54, 1.807) is 0 Å². The van der Waals surface area contributed by atoms with Crippen molar-refractivity contribution in [3.8, 4) is 0 Å². The summed E-state index contributed by atoms with van der Waals surface area (Å²) in [5.41, 5.74) is 2.14. The van der Waals surface area contributed by atoms with Crippen molar-refractivity contribution in [2.75, 3.05) is 13.1 Å². The second-order valence-corrected chi connectivity index (χ2v) is 4.86. The Bertz CT molecular complexity index is 342. The average Bonchev–Trinajstić information content (AvgIpc) is 2.16. The Morgan fingerprint density at radius 2 is 2.00 bits per heavy atom. The van der Waals surface area contributed by atoms with Crippen molar-refractivity contribution < 1.29 is 5.11 Å². The maximum absolute atomic E-state index is 10.1. The molecule has 0 spiro atoms. The molecule has 0 radical (unpaired) electrons. The van der Waals surface area contributed by atoms with Gasteiger partial charge < -0.3 is 10.4 Å². The summed E-state index contributed by atoms with van der Waals surface area (Å²) in [6.07, 6.45) is 0.772. The maximum Gasteiger partial charge on any atom is 0.0935 e. The second kappa shape index (κ2) is 3.95. The molecule has 0 saturated carbocycles. The van der Waals surface area contributed by atoms with Gasteiger partial charge in [0, 0.05) is 19.5 Å². The van der Waals surface area contributed by atoms with E-state index in [1.165, 1.54) is 11.1 Å². The summed E-state index contributed by atoms with van der Waals surface area (Å²) in [6, 6.07) is 8.42. The van der Waals surface area contributed by atoms with Crippen LogP contribution in [0, 0.1) is 0 Å². The van der Waals surface area contributed by atoms with Crippen LogP contribution in [0.3, 0.4) is 0 Å². The minimum atomic E-state index is -0.509. The summed E-state index contributed by atoms with van der Waals surface area (Å²) in [7, 11) is 0. The predicted octanol–water partition coefficient (Wildman–Crippen LogP) is 1.69. The quantitative estimate of drug-likeness (QED) is 0.787. The van der Waals surface area contributed by atoms with Crippen LogP contribution in [-0.4, -0.2) is 23.8 Å². The highest BCUT2D eigenvalue weighted by molar-refractivity contribution is 5.31. The summed E-state index contributed by atoms with van der Waals surface area (Å²) in [4.78, 5) is 0. The van der Waals surface area contributed by atoms with Gasteiger partial charge in [0.1, 0.15) is 0 Å². The molecule has 1 aliphatic heterocycles. The SMILES string of the molecule is CC(C)c1ccccc1CC1(O)CNC1. The molecule has 0 amide bonds. The van der Waals surface area contributed by atoms with Crippen molar-refractivity contribution in [2.45, 2.75) is 31.8 Å². The summed E-state index contributed by atoms with van der Waals surface area (Å²) < 4.78 is 0. The van der Waals surface area contributed by atoms with Crippen LogP contribution in [0.1, 0.15) is 30.9 Å². The molecule has 1 aromatic rings. The van der Waals surface area contributed by atoms with Gasteiger partial charge in [-0.25, -0.2) is 0 Å². The molecule has 15 heavy (non-hydrogen) atoms. The molecule has 0 unspecified atom stereocenters. The summed E-state index contributed by atoms with van der Waals surface area (Å²) in [5.74, 6) is 0.526. The lowest BCUT2D eigenvalue weighted by Crippen LogP contribution is -2.60. The van der Waals surface area contributed by atoms with Gasteiger partial charge >= 0.3 is 0 Å². The van der Waals surface area contributed by atoms with Gasteiger partial charge in [-0.3, -0.25) is 0 Å². The van der Waals surface area contributed by atoms with E-state index in [4.69, 9.17) is 0 Å². The maximum atomic E-state index is 10.1. The van der Waals surface area contributed by atoms with E-state index in [2.05, 4.69) is 43.4 Å². The van der Waals surface area contributed by atoms with Gasteiger partial charge in [0.05, 0.1) is 5.60 Å². The second-order valence-electron chi connectivity index (χ2n) is 4.86. The topological polar surface area (TPSA) is 32.3 Å². The molecule has 0 atom stereocenters. The van der Waals surface area contributed by atoms with E-state index >= 15 is 0 Å². The van der Waals surface area contributed by atoms with E-state index in [0.717, 1.165) is 19.5 Å². The molecule has 0 aliphatic carbocycles. The standard InChI is InChI=1S/C13H19NO/c1-10(2)12-6-4-3-5-11(12)7-13(15)8-14-9-13/h3-6,10,14-15H,7-9H2,1-2H3. The van der Waals surface area contributed by atoms with E-state index < -0.39 is 5.60 Å². The van der Waals surface area contributed by atoms with Crippen LogP contribution in [0.2, 0.25) is 0 Å². The summed E-state index contributed by atoms with van der Waals surface area (Å²) >= 11 is 0. The lowest BCUT2D eigenvalue weighted by atomic mass is 9.85. The largest absolute Gasteiger partial charge is 0.387 e. The minimum Gasteiger partial charge on any atom is -0.387 e. The molecule has 0 aromatic heterocycles. The zero-order valence-electron chi connectivity index (χ0n) is 9.46. The number of aliphatic hydroxyl groups is 1. The van der Waals surface area contributed by atoms with Crippen molar-refractivity contribution in [3.63, 3.8) is 0 Å². The van der Waals surface area contributed by atoms with Crippen molar-refractivity contribution in [3.05, 3.63) is 35.4 Å². The van der Waals surface area contributed by atoms with Crippen LogP contribution in [0.5, 0.6) is 0 Å². The first-order valence-corrected chi connectivity index (χ1v) is 5.62. The Morgan fingerprint density at radius 1 is 1.33 bits per heavy atom. The summed E-state index contributed by atoms with van der Waals surface area (Å²) in [6.45, 7) is 5.84. The molecular weight excluding hydrogens is 186 g/mol. The molecule has 2 heteroatoms. The highest BCUT2D eigenvalue weighted by Gasteiger charge is 2.34. The van der Waals surface area contributed by atoms with Crippen molar-refractivity contribution in [1.29, 1.82) is 0 Å². The van der Waals surface area contributed by atoms with Crippen LogP contribution in [-0.2, 0) is 6.42 Å². The zero-order chi connectivity index (χ0) is 10.9. The number of β-amino-alcohol motifs (C(OH)–C–C–N with tert-alkyl or cyclic N) is 1. The third kappa shape index (κ3) is 2.21. The first-order chi connectivity index (χ1) is 7.11. The first-order valence-electron chi connectivity index (χ1n) is 5.62. The van der Waals surface area contributed by atoms with E-state index in [-0.39, 0.29) is 0 Å². The van der Waals surface area contributed by atoms with Crippen molar-refractivity contribution in [1.82, 2.24) is 5.32 Å². The normalized spacial score (nSPS) is 18.9. The molecule has 2 rings (SSSR count). The van der Waals surface area contributed by atoms with Crippen LogP contribution in [0.25, 0.3) is 0 Å². The van der Waals surface area contributed by atoms with Gasteiger partial charge in [-0.1, -0.05) is 38.1 Å². The number of hydrogen-bond donors (Lipinski definition) is 2. The van der Waals surface area contributed by atoms with Gasteiger partial charge in [-0.05, 0) is 17.0 Å². The van der Waals surface area contributed by atoms with E-state index in [1.807, 2.05) is 0 Å². The molecule has 1 heterocycles. The zero-order valence-corrected chi connectivity index (χ0v) is 9.46. The number of benzene rings is 1. The minimum absolute atomic E-state index is 0.509. The summed E-state index contributed by atoms with van der Waals surface area (Å²) in [5, 5.41) is 13.2. The van der Waals surface area contributed by atoms with Gasteiger partial charge in [0.15, 0.2) is 0 Å². The molecular formula is C13H19NO. The Kier molecular flexibility index (Phi) is 2.81. The number of nitrogens with one attached hydrogen (secondary N) is 1. The molecule has 0 bridgehead atoms.